The normalized spacial score (nSPS) is 14.4. The molecular formula is C11H12F3NO2. The van der Waals surface area contributed by atoms with Gasteiger partial charge in [0.25, 0.3) is 0 Å². The fraction of sp³-hybridized carbons (Fsp3) is 0.364. The van der Waals surface area contributed by atoms with Crippen molar-refractivity contribution < 1.29 is 23.1 Å². The molecule has 3 N–H and O–H groups in total. The summed E-state index contributed by atoms with van der Waals surface area (Å²) in [6, 6.07) is 0.262. The van der Waals surface area contributed by atoms with Crippen LogP contribution in [0.5, 0.6) is 0 Å². The van der Waals surface area contributed by atoms with Crippen molar-refractivity contribution in [1.29, 1.82) is 0 Å². The fourth-order valence-electron chi connectivity index (χ4n) is 1.50. The number of carboxylic acid groups (broad SMARTS) is 1. The minimum atomic E-state index is -1.29. The topological polar surface area (TPSA) is 63.3 Å². The van der Waals surface area contributed by atoms with Crippen LogP contribution in [0, 0.1) is 17.5 Å². The van der Waals surface area contributed by atoms with Gasteiger partial charge in [0.05, 0.1) is 6.42 Å². The number of carboxylic acids is 1. The van der Waals surface area contributed by atoms with Gasteiger partial charge in [-0.3, -0.25) is 4.79 Å². The number of nitrogens with two attached hydrogens (primary N) is 1. The van der Waals surface area contributed by atoms with E-state index in [1.54, 1.807) is 0 Å². The Morgan fingerprint density at radius 2 is 1.82 bits per heavy atom. The summed E-state index contributed by atoms with van der Waals surface area (Å²) in [5.41, 5.74) is 5.42. The molecule has 6 heteroatoms. The van der Waals surface area contributed by atoms with Crippen LogP contribution in [0.1, 0.15) is 24.8 Å². The first-order valence-electron chi connectivity index (χ1n) is 4.94. The molecule has 94 valence electrons. The minimum Gasteiger partial charge on any atom is -0.481 e. The maximum Gasteiger partial charge on any atom is 0.304 e. The van der Waals surface area contributed by atoms with Crippen molar-refractivity contribution in [2.45, 2.75) is 25.3 Å². The van der Waals surface area contributed by atoms with Crippen LogP contribution in [0.3, 0.4) is 0 Å². The summed E-state index contributed by atoms with van der Waals surface area (Å²) in [5, 5.41) is 8.54. The number of carbonyl (C=O) groups is 1. The van der Waals surface area contributed by atoms with Gasteiger partial charge < -0.3 is 10.8 Å². The van der Waals surface area contributed by atoms with Gasteiger partial charge in [-0.05, 0) is 17.5 Å². The Balaban J connectivity index is 2.99. The predicted octanol–water partition coefficient (Wildman–Crippen LogP) is 2.01. The van der Waals surface area contributed by atoms with Gasteiger partial charge in [0, 0.05) is 12.1 Å². The third-order valence-corrected chi connectivity index (χ3v) is 2.58. The Kier molecular flexibility index (Phi) is 4.11. The molecule has 0 saturated carbocycles. The number of halogens is 3. The molecule has 17 heavy (non-hydrogen) atoms. The van der Waals surface area contributed by atoms with Crippen molar-refractivity contribution in [1.82, 2.24) is 0 Å². The van der Waals surface area contributed by atoms with Crippen LogP contribution in [0.15, 0.2) is 12.1 Å². The van der Waals surface area contributed by atoms with Gasteiger partial charge in [-0.1, -0.05) is 6.92 Å². The molecular weight excluding hydrogens is 235 g/mol. The first-order chi connectivity index (χ1) is 7.82. The highest BCUT2D eigenvalue weighted by Crippen LogP contribution is 2.25. The van der Waals surface area contributed by atoms with E-state index in [-0.39, 0.29) is 12.0 Å². The zero-order valence-corrected chi connectivity index (χ0v) is 9.08. The maximum absolute atomic E-state index is 13.4. The molecule has 0 aliphatic rings. The molecule has 0 heterocycles. The van der Waals surface area contributed by atoms with E-state index in [0.29, 0.717) is 12.1 Å². The van der Waals surface area contributed by atoms with Gasteiger partial charge in [-0.2, -0.15) is 0 Å². The predicted molar refractivity (Wildman–Crippen MR) is 55.0 cm³/mol. The van der Waals surface area contributed by atoms with Gasteiger partial charge in [0.15, 0.2) is 11.6 Å². The molecule has 0 aliphatic carbocycles. The van der Waals surface area contributed by atoms with E-state index in [1.165, 1.54) is 6.92 Å². The molecule has 0 aromatic heterocycles. The molecule has 0 saturated heterocycles. The highest BCUT2D eigenvalue weighted by Gasteiger charge is 2.22. The third-order valence-electron chi connectivity index (χ3n) is 2.58. The summed E-state index contributed by atoms with van der Waals surface area (Å²) in [4.78, 5) is 10.4. The number of rotatable bonds is 4. The van der Waals surface area contributed by atoms with Crippen molar-refractivity contribution in [2.24, 2.45) is 5.73 Å². The molecule has 0 amide bonds. The third kappa shape index (κ3) is 3.20. The quantitative estimate of drug-likeness (QED) is 0.800. The Morgan fingerprint density at radius 3 is 2.35 bits per heavy atom. The lowest BCUT2D eigenvalue weighted by molar-refractivity contribution is -0.137. The summed E-state index contributed by atoms with van der Waals surface area (Å²) in [5.74, 6) is -5.26. The molecule has 0 aliphatic heterocycles. The molecule has 3 nitrogen and oxygen atoms in total. The van der Waals surface area contributed by atoms with E-state index in [9.17, 15) is 18.0 Å². The highest BCUT2D eigenvalue weighted by molar-refractivity contribution is 5.67. The Hall–Kier alpha value is -1.56. The van der Waals surface area contributed by atoms with Crippen LogP contribution >= 0.6 is 0 Å². The van der Waals surface area contributed by atoms with Crippen LogP contribution in [0.25, 0.3) is 0 Å². The van der Waals surface area contributed by atoms with E-state index in [1.807, 2.05) is 0 Å². The zero-order valence-electron chi connectivity index (χ0n) is 9.08. The molecule has 0 radical (unpaired) electrons. The minimum absolute atomic E-state index is 0.127. The fourth-order valence-corrected chi connectivity index (χ4v) is 1.50. The van der Waals surface area contributed by atoms with Gasteiger partial charge in [0.2, 0.25) is 0 Å². The van der Waals surface area contributed by atoms with Crippen LogP contribution < -0.4 is 5.73 Å². The maximum atomic E-state index is 13.4. The highest BCUT2D eigenvalue weighted by atomic mass is 19.2. The van der Waals surface area contributed by atoms with Crippen molar-refractivity contribution in [3.05, 3.63) is 35.1 Å². The molecule has 1 rings (SSSR count). The van der Waals surface area contributed by atoms with Crippen molar-refractivity contribution >= 4 is 5.97 Å². The molecule has 0 spiro atoms. The summed E-state index contributed by atoms with van der Waals surface area (Å²) < 4.78 is 39.0. The molecule has 1 aromatic carbocycles. The van der Waals surface area contributed by atoms with Crippen LogP contribution in [-0.2, 0) is 4.79 Å². The zero-order chi connectivity index (χ0) is 13.2. The number of aliphatic carboxylic acids is 1. The number of hydrogen-bond donors (Lipinski definition) is 2. The average molecular weight is 247 g/mol. The van der Waals surface area contributed by atoms with Crippen molar-refractivity contribution in [2.75, 3.05) is 0 Å². The van der Waals surface area contributed by atoms with Gasteiger partial charge in [-0.25, -0.2) is 13.2 Å². The summed E-state index contributed by atoms with van der Waals surface area (Å²) >= 11 is 0. The molecule has 2 atom stereocenters. The molecule has 1 unspecified atom stereocenters. The standard InChI is InChI=1S/C11H12F3NO2/c1-5(10(15)4-11(16)17)6-2-8(13)9(14)3-7(6)12/h2-3,5,10H,4,15H2,1H3,(H,16,17)/t5?,10-/m0/s1. The van der Waals surface area contributed by atoms with Crippen LogP contribution in [-0.4, -0.2) is 17.1 Å². The smallest absolute Gasteiger partial charge is 0.304 e. The Bertz CT molecular complexity index is 437. The van der Waals surface area contributed by atoms with Gasteiger partial charge in [-0.15, -0.1) is 0 Å². The second-order valence-electron chi connectivity index (χ2n) is 3.84. The first-order valence-corrected chi connectivity index (χ1v) is 4.94. The van der Waals surface area contributed by atoms with Crippen molar-refractivity contribution in [3.63, 3.8) is 0 Å². The Labute approximate surface area is 96.0 Å². The summed E-state index contributed by atoms with van der Waals surface area (Å²) in [7, 11) is 0. The Morgan fingerprint density at radius 1 is 1.29 bits per heavy atom. The summed E-state index contributed by atoms with van der Waals surface area (Å²) in [6.07, 6.45) is -0.375. The average Bonchev–Trinajstić information content (AvgIpc) is 2.21. The monoisotopic (exact) mass is 247 g/mol. The number of benzene rings is 1. The van der Waals surface area contributed by atoms with E-state index in [4.69, 9.17) is 10.8 Å². The molecule has 0 bridgehead atoms. The van der Waals surface area contributed by atoms with E-state index in [2.05, 4.69) is 0 Å². The van der Waals surface area contributed by atoms with Crippen LogP contribution in [0.4, 0.5) is 13.2 Å². The lowest BCUT2D eigenvalue weighted by atomic mass is 9.91. The lowest BCUT2D eigenvalue weighted by Gasteiger charge is -2.19. The van der Waals surface area contributed by atoms with Crippen molar-refractivity contribution in [3.8, 4) is 0 Å². The first kappa shape index (κ1) is 13.5. The van der Waals surface area contributed by atoms with E-state index < -0.39 is 35.4 Å². The largest absolute Gasteiger partial charge is 0.481 e. The van der Waals surface area contributed by atoms with Gasteiger partial charge in [0.1, 0.15) is 5.82 Å². The van der Waals surface area contributed by atoms with Crippen LogP contribution in [0.2, 0.25) is 0 Å². The summed E-state index contributed by atoms with van der Waals surface area (Å²) in [6.45, 7) is 1.46. The second-order valence-corrected chi connectivity index (χ2v) is 3.84. The van der Waals surface area contributed by atoms with E-state index in [0.717, 1.165) is 0 Å². The molecule has 1 aromatic rings. The molecule has 0 fully saturated rings. The SMILES string of the molecule is CC(c1cc(F)c(F)cc1F)[C@@H](N)CC(=O)O. The number of hydrogen-bond acceptors (Lipinski definition) is 2. The lowest BCUT2D eigenvalue weighted by Crippen LogP contribution is -2.30. The second kappa shape index (κ2) is 5.18. The van der Waals surface area contributed by atoms with E-state index >= 15 is 0 Å². The van der Waals surface area contributed by atoms with Gasteiger partial charge >= 0.3 is 5.97 Å².